The zero-order valence-electron chi connectivity index (χ0n) is 20.2. The zero-order chi connectivity index (χ0) is 24.0. The van der Waals surface area contributed by atoms with E-state index in [2.05, 4.69) is 28.2 Å². The summed E-state index contributed by atoms with van der Waals surface area (Å²) in [5, 5.41) is 3.03. The van der Waals surface area contributed by atoms with Crippen molar-refractivity contribution in [2.75, 3.05) is 32.8 Å². The van der Waals surface area contributed by atoms with E-state index in [0.717, 1.165) is 38.1 Å². The maximum Gasteiger partial charge on any atom is 0.272 e. The van der Waals surface area contributed by atoms with Gasteiger partial charge in [0.15, 0.2) is 0 Å². The first-order valence-corrected chi connectivity index (χ1v) is 12.8. The molecule has 1 fully saturated rings. The third-order valence-corrected chi connectivity index (χ3v) is 7.16. The molecule has 1 amide bonds. The first-order valence-electron chi connectivity index (χ1n) is 12.8. The highest BCUT2D eigenvalue weighted by atomic mass is 16.5. The number of aryl methyl sites for hydroxylation is 1. The van der Waals surface area contributed by atoms with Crippen molar-refractivity contribution in [2.24, 2.45) is 0 Å². The molecular weight excluding hydrogens is 440 g/mol. The SMILES string of the molecule is O=C(c1cc(=O)n(-c2ccccc2)[nH]1)N1CCCOc2cccc(c2)CCC2CCCCN2CC1. The Balaban J connectivity index is 1.36. The lowest BCUT2D eigenvalue weighted by Gasteiger charge is -2.37. The second kappa shape index (κ2) is 11.0. The van der Waals surface area contributed by atoms with Crippen LogP contribution in [0.5, 0.6) is 5.75 Å². The van der Waals surface area contributed by atoms with Gasteiger partial charge in [-0.1, -0.05) is 36.8 Å². The number of aromatic amines is 1. The second-order valence-electron chi connectivity index (χ2n) is 9.54. The van der Waals surface area contributed by atoms with Gasteiger partial charge in [-0.3, -0.25) is 19.6 Å². The molecule has 7 nitrogen and oxygen atoms in total. The van der Waals surface area contributed by atoms with Crippen molar-refractivity contribution in [3.63, 3.8) is 0 Å². The van der Waals surface area contributed by atoms with Gasteiger partial charge in [-0.15, -0.1) is 0 Å². The molecule has 3 aromatic rings. The lowest BCUT2D eigenvalue weighted by atomic mass is 9.95. The summed E-state index contributed by atoms with van der Waals surface area (Å²) in [7, 11) is 0. The maximum atomic E-state index is 13.5. The number of hydrogen-bond acceptors (Lipinski definition) is 4. The predicted octanol–water partition coefficient (Wildman–Crippen LogP) is 3.88. The second-order valence-corrected chi connectivity index (χ2v) is 9.54. The van der Waals surface area contributed by atoms with E-state index >= 15 is 0 Å². The van der Waals surface area contributed by atoms with Crippen LogP contribution in [-0.4, -0.2) is 64.3 Å². The van der Waals surface area contributed by atoms with Crippen LogP contribution in [0.3, 0.4) is 0 Å². The minimum Gasteiger partial charge on any atom is -0.494 e. The third-order valence-electron chi connectivity index (χ3n) is 7.16. The van der Waals surface area contributed by atoms with Gasteiger partial charge < -0.3 is 9.64 Å². The molecule has 2 aromatic carbocycles. The van der Waals surface area contributed by atoms with Crippen LogP contribution >= 0.6 is 0 Å². The van der Waals surface area contributed by atoms with Crippen LogP contribution < -0.4 is 10.3 Å². The highest BCUT2D eigenvalue weighted by Gasteiger charge is 2.25. The molecule has 1 unspecified atom stereocenters. The molecule has 2 bridgehead atoms. The largest absolute Gasteiger partial charge is 0.494 e. The molecule has 0 spiro atoms. The number of benzene rings is 2. The van der Waals surface area contributed by atoms with E-state index in [-0.39, 0.29) is 11.5 Å². The minimum atomic E-state index is -0.235. The number of amides is 1. The Hall–Kier alpha value is -3.32. The van der Waals surface area contributed by atoms with E-state index in [1.807, 2.05) is 41.3 Å². The summed E-state index contributed by atoms with van der Waals surface area (Å²) in [4.78, 5) is 30.6. The number of carbonyl (C=O) groups excluding carboxylic acids is 1. The molecule has 0 aliphatic carbocycles. The average molecular weight is 475 g/mol. The minimum absolute atomic E-state index is 0.139. The molecule has 7 heteroatoms. The summed E-state index contributed by atoms with van der Waals surface area (Å²) in [5.41, 5.74) is 2.13. The van der Waals surface area contributed by atoms with Crippen molar-refractivity contribution >= 4 is 5.91 Å². The van der Waals surface area contributed by atoms with Gasteiger partial charge in [0, 0.05) is 31.7 Å². The zero-order valence-corrected chi connectivity index (χ0v) is 20.2. The standard InChI is InChI=1S/C28H34N4O3/c33-27-21-26(29-32(27)24-10-2-1-3-11-24)28(34)31-16-7-19-35-25-12-6-8-22(20-25)13-14-23-9-4-5-15-30(23)17-18-31/h1-3,6,8,10-12,20-21,23,29H,4-5,7,9,13-19H2. The first-order chi connectivity index (χ1) is 17.2. The number of rotatable bonds is 2. The number of ether oxygens (including phenoxy) is 1. The molecule has 1 aromatic heterocycles. The Morgan fingerprint density at radius 3 is 2.66 bits per heavy atom. The molecule has 0 saturated carbocycles. The van der Waals surface area contributed by atoms with E-state index < -0.39 is 0 Å². The normalized spacial score (nSPS) is 19.9. The Labute approximate surface area is 206 Å². The van der Waals surface area contributed by atoms with Crippen LogP contribution in [0.1, 0.15) is 48.2 Å². The summed E-state index contributed by atoms with van der Waals surface area (Å²) in [6.07, 6.45) is 6.56. The number of aromatic nitrogens is 2. The first kappa shape index (κ1) is 23.4. The van der Waals surface area contributed by atoms with Crippen molar-refractivity contribution in [1.29, 1.82) is 0 Å². The fraction of sp³-hybridized carbons (Fsp3) is 0.429. The Bertz CT molecular complexity index is 1190. The number of piperidine rings is 1. The fourth-order valence-corrected chi connectivity index (χ4v) is 5.26. The van der Waals surface area contributed by atoms with E-state index in [1.165, 1.54) is 35.6 Å². The predicted molar refractivity (Wildman–Crippen MR) is 136 cm³/mol. The molecule has 2 aliphatic rings. The van der Waals surface area contributed by atoms with E-state index in [4.69, 9.17) is 4.74 Å². The number of nitrogens with zero attached hydrogens (tertiary/aromatic N) is 3. The van der Waals surface area contributed by atoms with Crippen molar-refractivity contribution in [3.8, 4) is 11.4 Å². The van der Waals surface area contributed by atoms with Crippen LogP contribution in [0, 0.1) is 0 Å². The molecule has 35 heavy (non-hydrogen) atoms. The maximum absolute atomic E-state index is 13.5. The number of carbonyl (C=O) groups is 1. The van der Waals surface area contributed by atoms with Gasteiger partial charge in [0.25, 0.3) is 11.5 Å². The third kappa shape index (κ3) is 5.68. The summed E-state index contributed by atoms with van der Waals surface area (Å²) in [5.74, 6) is 0.752. The smallest absolute Gasteiger partial charge is 0.272 e. The number of hydrogen-bond donors (Lipinski definition) is 1. The number of H-pyrrole nitrogens is 1. The lowest BCUT2D eigenvalue weighted by Crippen LogP contribution is -2.45. The Morgan fingerprint density at radius 1 is 0.886 bits per heavy atom. The topological polar surface area (TPSA) is 70.6 Å². The molecule has 1 atom stereocenters. The van der Waals surface area contributed by atoms with Gasteiger partial charge in [0.05, 0.1) is 12.3 Å². The highest BCUT2D eigenvalue weighted by Crippen LogP contribution is 2.23. The van der Waals surface area contributed by atoms with Gasteiger partial charge in [-0.25, -0.2) is 4.68 Å². The summed E-state index contributed by atoms with van der Waals surface area (Å²) in [6.45, 7) is 3.69. The van der Waals surface area contributed by atoms with Gasteiger partial charge in [-0.2, -0.15) is 0 Å². The summed E-state index contributed by atoms with van der Waals surface area (Å²) < 4.78 is 7.43. The van der Waals surface area contributed by atoms with E-state index in [1.54, 1.807) is 0 Å². The van der Waals surface area contributed by atoms with Crippen molar-refractivity contribution in [1.82, 2.24) is 19.6 Å². The molecule has 5 rings (SSSR count). The van der Waals surface area contributed by atoms with E-state index in [0.29, 0.717) is 37.1 Å². The van der Waals surface area contributed by atoms with Gasteiger partial charge in [0.1, 0.15) is 11.4 Å². The number of para-hydroxylation sites is 1. The number of fused-ring (bicyclic) bond motifs is 3. The molecule has 0 radical (unpaired) electrons. The van der Waals surface area contributed by atoms with Crippen LogP contribution in [-0.2, 0) is 6.42 Å². The highest BCUT2D eigenvalue weighted by molar-refractivity contribution is 5.92. The molecular formula is C28H34N4O3. The van der Waals surface area contributed by atoms with Crippen LogP contribution in [0.2, 0.25) is 0 Å². The van der Waals surface area contributed by atoms with Gasteiger partial charge in [-0.05, 0) is 68.5 Å². The molecule has 1 saturated heterocycles. The Kier molecular flexibility index (Phi) is 7.33. The van der Waals surface area contributed by atoms with Gasteiger partial charge in [0.2, 0.25) is 0 Å². The molecule has 1 N–H and O–H groups in total. The van der Waals surface area contributed by atoms with Crippen LogP contribution in [0.15, 0.2) is 65.5 Å². The molecule has 184 valence electrons. The van der Waals surface area contributed by atoms with Crippen LogP contribution in [0.4, 0.5) is 0 Å². The van der Waals surface area contributed by atoms with Crippen molar-refractivity contribution in [2.45, 2.75) is 44.6 Å². The lowest BCUT2D eigenvalue weighted by molar-refractivity contribution is 0.0676. The quantitative estimate of drug-likeness (QED) is 0.612. The monoisotopic (exact) mass is 474 g/mol. The Morgan fingerprint density at radius 2 is 1.77 bits per heavy atom. The fourth-order valence-electron chi connectivity index (χ4n) is 5.26. The van der Waals surface area contributed by atoms with Crippen LogP contribution in [0.25, 0.3) is 5.69 Å². The summed E-state index contributed by atoms with van der Waals surface area (Å²) >= 11 is 0. The average Bonchev–Trinajstić information content (AvgIpc) is 3.29. The van der Waals surface area contributed by atoms with Crippen molar-refractivity contribution in [3.05, 3.63) is 82.3 Å². The molecule has 2 aliphatic heterocycles. The van der Waals surface area contributed by atoms with E-state index in [9.17, 15) is 9.59 Å². The summed E-state index contributed by atoms with van der Waals surface area (Å²) in [6, 6.07) is 19.7. The van der Waals surface area contributed by atoms with Crippen molar-refractivity contribution < 1.29 is 9.53 Å². The number of nitrogens with one attached hydrogen (secondary N) is 1. The van der Waals surface area contributed by atoms with Gasteiger partial charge >= 0.3 is 0 Å². The molecule has 3 heterocycles.